The summed E-state index contributed by atoms with van der Waals surface area (Å²) in [5.41, 5.74) is -0.525. The van der Waals surface area contributed by atoms with E-state index in [4.69, 9.17) is 4.74 Å². The summed E-state index contributed by atoms with van der Waals surface area (Å²) in [6, 6.07) is 6.39. The molecule has 0 aliphatic heterocycles. The number of pyridine rings is 1. The number of amides is 1. The maximum atomic E-state index is 13.1. The van der Waals surface area contributed by atoms with Gasteiger partial charge in [0.05, 0.1) is 6.20 Å². The number of benzene rings is 1. The van der Waals surface area contributed by atoms with Gasteiger partial charge in [-0.25, -0.2) is 13.8 Å². The quantitative estimate of drug-likeness (QED) is 0.927. The molecule has 1 N–H and O–H groups in total. The third kappa shape index (κ3) is 4.00. The predicted octanol–water partition coefficient (Wildman–Crippen LogP) is 4.14. The molecule has 1 heterocycles. The summed E-state index contributed by atoms with van der Waals surface area (Å²) < 4.78 is 31.3. The van der Waals surface area contributed by atoms with Crippen molar-refractivity contribution in [2.24, 2.45) is 5.41 Å². The number of rotatable bonds is 3. The Morgan fingerprint density at radius 3 is 2.32 bits per heavy atom. The summed E-state index contributed by atoms with van der Waals surface area (Å²) in [4.78, 5) is 15.9. The zero-order chi connectivity index (χ0) is 16.3. The van der Waals surface area contributed by atoms with Crippen molar-refractivity contribution in [3.05, 3.63) is 48.2 Å². The molecule has 116 valence electrons. The van der Waals surface area contributed by atoms with E-state index in [9.17, 15) is 13.6 Å². The van der Waals surface area contributed by atoms with E-state index in [1.165, 1.54) is 12.3 Å². The second-order valence-corrected chi connectivity index (χ2v) is 5.76. The van der Waals surface area contributed by atoms with Gasteiger partial charge in [-0.1, -0.05) is 20.8 Å². The minimum absolute atomic E-state index is 0.158. The van der Waals surface area contributed by atoms with E-state index in [0.29, 0.717) is 11.6 Å². The van der Waals surface area contributed by atoms with Gasteiger partial charge >= 0.3 is 0 Å². The van der Waals surface area contributed by atoms with Crippen molar-refractivity contribution in [2.75, 3.05) is 5.32 Å². The zero-order valence-corrected chi connectivity index (χ0v) is 12.5. The summed E-state index contributed by atoms with van der Waals surface area (Å²) >= 11 is 0. The van der Waals surface area contributed by atoms with Crippen LogP contribution in [-0.2, 0) is 4.79 Å². The van der Waals surface area contributed by atoms with Crippen LogP contribution >= 0.6 is 0 Å². The third-order valence-corrected chi connectivity index (χ3v) is 2.79. The number of nitrogens with one attached hydrogen (secondary N) is 1. The second-order valence-electron chi connectivity index (χ2n) is 5.76. The van der Waals surface area contributed by atoms with Crippen molar-refractivity contribution in [1.82, 2.24) is 4.98 Å². The lowest BCUT2D eigenvalue weighted by Gasteiger charge is -2.17. The monoisotopic (exact) mass is 306 g/mol. The highest BCUT2D eigenvalue weighted by Gasteiger charge is 2.21. The van der Waals surface area contributed by atoms with Crippen molar-refractivity contribution in [1.29, 1.82) is 0 Å². The number of hydrogen-bond acceptors (Lipinski definition) is 3. The largest absolute Gasteiger partial charge is 0.456 e. The average molecular weight is 306 g/mol. The first kappa shape index (κ1) is 15.9. The van der Waals surface area contributed by atoms with Crippen LogP contribution in [0.3, 0.4) is 0 Å². The Morgan fingerprint density at radius 1 is 1.09 bits per heavy atom. The van der Waals surface area contributed by atoms with Gasteiger partial charge in [0.2, 0.25) is 5.91 Å². The molecule has 0 radical (unpaired) electrons. The van der Waals surface area contributed by atoms with Gasteiger partial charge < -0.3 is 10.1 Å². The molecule has 0 aliphatic rings. The fourth-order valence-corrected chi connectivity index (χ4v) is 1.49. The van der Waals surface area contributed by atoms with Gasteiger partial charge in [-0.15, -0.1) is 0 Å². The molecular weight excluding hydrogens is 290 g/mol. The molecule has 6 heteroatoms. The van der Waals surface area contributed by atoms with Crippen LogP contribution in [0, 0.1) is 17.0 Å². The lowest BCUT2D eigenvalue weighted by atomic mass is 9.96. The first-order valence-electron chi connectivity index (χ1n) is 6.66. The molecule has 2 aromatic rings. The number of halogens is 2. The van der Waals surface area contributed by atoms with Gasteiger partial charge in [0.25, 0.3) is 0 Å². The first-order valence-corrected chi connectivity index (χ1v) is 6.66. The summed E-state index contributed by atoms with van der Waals surface area (Å²) in [6.07, 6.45) is 1.39. The molecule has 0 spiro atoms. The molecule has 0 aliphatic carbocycles. The summed E-state index contributed by atoms with van der Waals surface area (Å²) in [5, 5.41) is 2.67. The Labute approximate surface area is 127 Å². The SMILES string of the molecule is CC(C)(C)C(=O)Nc1ccc(Oc2ccc(F)c(F)c2)cn1. The average Bonchev–Trinajstić information content (AvgIpc) is 2.44. The third-order valence-electron chi connectivity index (χ3n) is 2.79. The fourth-order valence-electron chi connectivity index (χ4n) is 1.49. The van der Waals surface area contributed by atoms with E-state index in [1.54, 1.807) is 32.9 Å². The molecule has 1 aromatic heterocycles. The maximum Gasteiger partial charge on any atom is 0.230 e. The zero-order valence-electron chi connectivity index (χ0n) is 12.5. The first-order chi connectivity index (χ1) is 10.3. The van der Waals surface area contributed by atoms with Crippen LogP contribution < -0.4 is 10.1 Å². The maximum absolute atomic E-state index is 13.1. The highest BCUT2D eigenvalue weighted by atomic mass is 19.2. The van der Waals surface area contributed by atoms with Gasteiger partial charge in [0, 0.05) is 11.5 Å². The van der Waals surface area contributed by atoms with E-state index in [2.05, 4.69) is 10.3 Å². The highest BCUT2D eigenvalue weighted by molar-refractivity contribution is 5.93. The molecular formula is C16H16F2N2O2. The Morgan fingerprint density at radius 2 is 1.77 bits per heavy atom. The van der Waals surface area contributed by atoms with Crippen molar-refractivity contribution < 1.29 is 18.3 Å². The van der Waals surface area contributed by atoms with Gasteiger partial charge in [0.1, 0.15) is 17.3 Å². The topological polar surface area (TPSA) is 51.2 Å². The molecule has 0 saturated heterocycles. The van der Waals surface area contributed by atoms with Gasteiger partial charge in [-0.2, -0.15) is 0 Å². The lowest BCUT2D eigenvalue weighted by Crippen LogP contribution is -2.27. The molecule has 1 aromatic carbocycles. The van der Waals surface area contributed by atoms with Gasteiger partial charge in [-0.05, 0) is 24.3 Å². The molecule has 0 atom stereocenters. The molecule has 0 saturated carbocycles. The lowest BCUT2D eigenvalue weighted by molar-refractivity contribution is -0.123. The van der Waals surface area contributed by atoms with Gasteiger partial charge in [-0.3, -0.25) is 4.79 Å². The molecule has 1 amide bonds. The molecule has 0 bridgehead atoms. The van der Waals surface area contributed by atoms with E-state index >= 15 is 0 Å². The van der Waals surface area contributed by atoms with Crippen LogP contribution in [0.4, 0.5) is 14.6 Å². The summed E-state index contributed by atoms with van der Waals surface area (Å²) in [6.45, 7) is 5.38. The van der Waals surface area contributed by atoms with Crippen LogP contribution in [0.25, 0.3) is 0 Å². The number of hydrogen-bond donors (Lipinski definition) is 1. The van der Waals surface area contributed by atoms with Crippen LogP contribution in [0.15, 0.2) is 36.5 Å². The van der Waals surface area contributed by atoms with E-state index in [1.807, 2.05) is 0 Å². The Bertz CT molecular complexity index is 680. The van der Waals surface area contributed by atoms with Crippen molar-refractivity contribution in [3.8, 4) is 11.5 Å². The standard InChI is InChI=1S/C16H16F2N2O2/c1-16(2,3)15(21)20-14-7-5-11(9-19-14)22-10-4-6-12(17)13(18)8-10/h4-9H,1-3H3,(H,19,20,21). The predicted molar refractivity (Wildman–Crippen MR) is 78.8 cm³/mol. The number of ether oxygens (including phenoxy) is 1. The Kier molecular flexibility index (Phi) is 4.40. The molecule has 0 fully saturated rings. The minimum atomic E-state index is -0.987. The molecule has 22 heavy (non-hydrogen) atoms. The summed E-state index contributed by atoms with van der Waals surface area (Å²) in [5.74, 6) is -1.19. The Balaban J connectivity index is 2.06. The van der Waals surface area contributed by atoms with E-state index < -0.39 is 17.0 Å². The number of nitrogens with zero attached hydrogens (tertiary/aromatic N) is 1. The number of aromatic nitrogens is 1. The van der Waals surface area contributed by atoms with Crippen molar-refractivity contribution in [3.63, 3.8) is 0 Å². The van der Waals surface area contributed by atoms with Crippen LogP contribution in [-0.4, -0.2) is 10.9 Å². The second kappa shape index (κ2) is 6.09. The molecule has 0 unspecified atom stereocenters. The molecule has 2 rings (SSSR count). The highest BCUT2D eigenvalue weighted by Crippen LogP contribution is 2.24. The smallest absolute Gasteiger partial charge is 0.230 e. The molecule has 4 nitrogen and oxygen atoms in total. The van der Waals surface area contributed by atoms with Crippen LogP contribution in [0.2, 0.25) is 0 Å². The number of carbonyl (C=O) groups is 1. The number of anilines is 1. The summed E-state index contributed by atoms with van der Waals surface area (Å²) in [7, 11) is 0. The van der Waals surface area contributed by atoms with E-state index in [-0.39, 0.29) is 11.7 Å². The normalized spacial score (nSPS) is 11.1. The Hall–Kier alpha value is -2.50. The fraction of sp³-hybridized carbons (Fsp3) is 0.250. The van der Waals surface area contributed by atoms with Crippen LogP contribution in [0.1, 0.15) is 20.8 Å². The van der Waals surface area contributed by atoms with Crippen molar-refractivity contribution in [2.45, 2.75) is 20.8 Å². The van der Waals surface area contributed by atoms with Crippen LogP contribution in [0.5, 0.6) is 11.5 Å². The van der Waals surface area contributed by atoms with E-state index in [0.717, 1.165) is 12.1 Å². The minimum Gasteiger partial charge on any atom is -0.456 e. The number of carbonyl (C=O) groups excluding carboxylic acids is 1. The van der Waals surface area contributed by atoms with Crippen molar-refractivity contribution >= 4 is 11.7 Å². The van der Waals surface area contributed by atoms with Gasteiger partial charge in [0.15, 0.2) is 11.6 Å².